The van der Waals surface area contributed by atoms with Crippen LogP contribution in [0.25, 0.3) is 0 Å². The van der Waals surface area contributed by atoms with Gasteiger partial charge in [-0.05, 0) is 36.6 Å². The molecule has 2 rings (SSSR count). The second-order valence-electron chi connectivity index (χ2n) is 4.88. The van der Waals surface area contributed by atoms with Crippen molar-refractivity contribution in [2.24, 2.45) is 10.7 Å². The molecule has 1 unspecified atom stereocenters. The van der Waals surface area contributed by atoms with Crippen molar-refractivity contribution in [3.8, 4) is 0 Å². The second kappa shape index (κ2) is 5.69. The summed E-state index contributed by atoms with van der Waals surface area (Å²) in [7, 11) is 0. The standard InChI is InChI=1S/C13H12F6N2O/c14-12(15,16)8-3-7(4-9(5-8)13(17,18)19)1-2-10-6-22-11(20)21-10/h3-5,10H,1-2,6H2,(H2,20,21). The van der Waals surface area contributed by atoms with Crippen molar-refractivity contribution in [3.05, 3.63) is 34.9 Å². The van der Waals surface area contributed by atoms with Gasteiger partial charge in [0.05, 0.1) is 17.2 Å². The Bertz CT molecular complexity index is 547. The van der Waals surface area contributed by atoms with Gasteiger partial charge in [0.2, 0.25) is 0 Å². The van der Waals surface area contributed by atoms with Gasteiger partial charge in [0.25, 0.3) is 6.02 Å². The molecule has 0 aromatic heterocycles. The number of ether oxygens (including phenoxy) is 1. The number of rotatable bonds is 3. The number of nitrogens with zero attached hydrogens (tertiary/aromatic N) is 1. The molecule has 0 amide bonds. The van der Waals surface area contributed by atoms with Crippen LogP contribution < -0.4 is 5.73 Å². The topological polar surface area (TPSA) is 47.6 Å². The highest BCUT2D eigenvalue weighted by Crippen LogP contribution is 2.36. The average Bonchev–Trinajstić information content (AvgIpc) is 2.80. The monoisotopic (exact) mass is 326 g/mol. The Balaban J connectivity index is 2.22. The summed E-state index contributed by atoms with van der Waals surface area (Å²) in [6.45, 7) is 0.178. The molecule has 1 aliphatic heterocycles. The summed E-state index contributed by atoms with van der Waals surface area (Å²) in [4.78, 5) is 3.87. The van der Waals surface area contributed by atoms with E-state index in [1.54, 1.807) is 0 Å². The van der Waals surface area contributed by atoms with Crippen molar-refractivity contribution < 1.29 is 31.1 Å². The largest absolute Gasteiger partial charge is 0.463 e. The summed E-state index contributed by atoms with van der Waals surface area (Å²) in [6.07, 6.45) is -9.42. The SMILES string of the molecule is NC1=NC(CCc2cc(C(F)(F)F)cc(C(F)(F)F)c2)CO1. The first-order valence-corrected chi connectivity index (χ1v) is 6.30. The van der Waals surface area contributed by atoms with E-state index in [0.29, 0.717) is 0 Å². The fraction of sp³-hybridized carbons (Fsp3) is 0.462. The van der Waals surface area contributed by atoms with Crippen LogP contribution in [0.3, 0.4) is 0 Å². The molecule has 1 aromatic carbocycles. The van der Waals surface area contributed by atoms with E-state index in [9.17, 15) is 26.3 Å². The summed E-state index contributed by atoms with van der Waals surface area (Å²) in [5.74, 6) is 0. The minimum Gasteiger partial charge on any atom is -0.463 e. The predicted octanol–water partition coefficient (Wildman–Crippen LogP) is 3.37. The van der Waals surface area contributed by atoms with Gasteiger partial charge >= 0.3 is 12.4 Å². The molecule has 2 N–H and O–H groups in total. The highest BCUT2D eigenvalue weighted by Gasteiger charge is 2.36. The molecule has 1 heterocycles. The first kappa shape index (κ1) is 16.4. The Labute approximate surface area is 121 Å². The van der Waals surface area contributed by atoms with Gasteiger partial charge in [-0.1, -0.05) is 0 Å². The van der Waals surface area contributed by atoms with Crippen LogP contribution in [0.15, 0.2) is 23.2 Å². The Hall–Kier alpha value is -1.93. The van der Waals surface area contributed by atoms with E-state index in [-0.39, 0.29) is 43.1 Å². The number of aryl methyl sites for hydroxylation is 1. The fourth-order valence-corrected chi connectivity index (χ4v) is 2.08. The number of aliphatic imine (C=N–C) groups is 1. The Kier molecular flexibility index (Phi) is 4.25. The molecule has 0 aliphatic carbocycles. The predicted molar refractivity (Wildman–Crippen MR) is 66.1 cm³/mol. The highest BCUT2D eigenvalue weighted by molar-refractivity contribution is 5.73. The van der Waals surface area contributed by atoms with Crippen LogP contribution in [-0.4, -0.2) is 18.7 Å². The summed E-state index contributed by atoms with van der Waals surface area (Å²) in [5.41, 5.74) is 2.60. The zero-order valence-corrected chi connectivity index (χ0v) is 11.1. The lowest BCUT2D eigenvalue weighted by atomic mass is 10.00. The van der Waals surface area contributed by atoms with Crippen molar-refractivity contribution in [2.45, 2.75) is 31.2 Å². The van der Waals surface area contributed by atoms with Crippen LogP contribution in [0.1, 0.15) is 23.1 Å². The van der Waals surface area contributed by atoms with Crippen LogP contribution in [0.5, 0.6) is 0 Å². The molecule has 0 fully saturated rings. The average molecular weight is 326 g/mol. The number of alkyl halides is 6. The molecule has 9 heteroatoms. The van der Waals surface area contributed by atoms with E-state index >= 15 is 0 Å². The van der Waals surface area contributed by atoms with Crippen molar-refractivity contribution in [2.75, 3.05) is 6.61 Å². The molecule has 0 bridgehead atoms. The third kappa shape index (κ3) is 4.05. The lowest BCUT2D eigenvalue weighted by Crippen LogP contribution is -2.13. The van der Waals surface area contributed by atoms with Gasteiger partial charge in [-0.15, -0.1) is 0 Å². The van der Waals surface area contributed by atoms with Gasteiger partial charge in [-0.3, -0.25) is 0 Å². The molecule has 0 saturated heterocycles. The maximum Gasteiger partial charge on any atom is 0.416 e. The zero-order chi connectivity index (χ0) is 16.5. The van der Waals surface area contributed by atoms with Gasteiger partial charge in [0, 0.05) is 0 Å². The van der Waals surface area contributed by atoms with Gasteiger partial charge in [-0.2, -0.15) is 26.3 Å². The lowest BCUT2D eigenvalue weighted by molar-refractivity contribution is -0.143. The summed E-state index contributed by atoms with van der Waals surface area (Å²) < 4.78 is 81.1. The molecule has 3 nitrogen and oxygen atoms in total. The van der Waals surface area contributed by atoms with Crippen molar-refractivity contribution >= 4 is 6.02 Å². The Morgan fingerprint density at radius 3 is 2.00 bits per heavy atom. The second-order valence-corrected chi connectivity index (χ2v) is 4.88. The lowest BCUT2D eigenvalue weighted by Gasteiger charge is -2.14. The molecule has 1 atom stereocenters. The summed E-state index contributed by atoms with van der Waals surface area (Å²) >= 11 is 0. The fourth-order valence-electron chi connectivity index (χ4n) is 2.08. The molecule has 0 radical (unpaired) electrons. The van der Waals surface area contributed by atoms with E-state index in [1.165, 1.54) is 0 Å². The molecule has 22 heavy (non-hydrogen) atoms. The van der Waals surface area contributed by atoms with Gasteiger partial charge in [-0.25, -0.2) is 4.99 Å². The number of nitrogens with two attached hydrogens (primary N) is 1. The van der Waals surface area contributed by atoms with Crippen LogP contribution in [0.4, 0.5) is 26.3 Å². The Morgan fingerprint density at radius 2 is 1.59 bits per heavy atom. The molecular formula is C13H12F6N2O. The van der Waals surface area contributed by atoms with Crippen LogP contribution in [0.2, 0.25) is 0 Å². The van der Waals surface area contributed by atoms with E-state index < -0.39 is 23.5 Å². The summed E-state index contributed by atoms with van der Waals surface area (Å²) in [6, 6.07) is 1.17. The minimum atomic E-state index is -4.84. The van der Waals surface area contributed by atoms with E-state index in [0.717, 1.165) is 12.1 Å². The number of benzene rings is 1. The number of amidine groups is 1. The third-order valence-corrected chi connectivity index (χ3v) is 3.15. The number of hydrogen-bond donors (Lipinski definition) is 1. The van der Waals surface area contributed by atoms with Gasteiger partial charge in [0.15, 0.2) is 0 Å². The maximum absolute atomic E-state index is 12.7. The van der Waals surface area contributed by atoms with Gasteiger partial charge in [0.1, 0.15) is 6.61 Å². The quantitative estimate of drug-likeness (QED) is 0.866. The summed E-state index contributed by atoms with van der Waals surface area (Å²) in [5, 5.41) is 0. The maximum atomic E-state index is 12.7. The highest BCUT2D eigenvalue weighted by atomic mass is 19.4. The van der Waals surface area contributed by atoms with Crippen molar-refractivity contribution in [1.82, 2.24) is 0 Å². The first-order valence-electron chi connectivity index (χ1n) is 6.30. The normalized spacial score (nSPS) is 19.0. The molecular weight excluding hydrogens is 314 g/mol. The van der Waals surface area contributed by atoms with Crippen LogP contribution in [0, 0.1) is 0 Å². The van der Waals surface area contributed by atoms with Crippen molar-refractivity contribution in [3.63, 3.8) is 0 Å². The van der Waals surface area contributed by atoms with Crippen LogP contribution in [-0.2, 0) is 23.5 Å². The Morgan fingerprint density at radius 1 is 1.05 bits per heavy atom. The van der Waals surface area contributed by atoms with E-state index in [1.807, 2.05) is 0 Å². The number of hydrogen-bond acceptors (Lipinski definition) is 3. The van der Waals surface area contributed by atoms with E-state index in [2.05, 4.69) is 4.99 Å². The zero-order valence-electron chi connectivity index (χ0n) is 11.1. The molecule has 0 saturated carbocycles. The molecule has 0 spiro atoms. The molecule has 122 valence electrons. The van der Waals surface area contributed by atoms with Crippen LogP contribution >= 0.6 is 0 Å². The third-order valence-electron chi connectivity index (χ3n) is 3.15. The number of halogens is 6. The smallest absolute Gasteiger partial charge is 0.416 e. The van der Waals surface area contributed by atoms with Crippen molar-refractivity contribution in [1.29, 1.82) is 0 Å². The minimum absolute atomic E-state index is 0.0117. The molecule has 1 aliphatic rings. The van der Waals surface area contributed by atoms with Gasteiger partial charge < -0.3 is 10.5 Å². The van der Waals surface area contributed by atoms with E-state index in [4.69, 9.17) is 10.5 Å². The molecule has 1 aromatic rings. The first-order chi connectivity index (χ1) is 10.1.